The van der Waals surface area contributed by atoms with Gasteiger partial charge in [0.1, 0.15) is 5.01 Å². The Morgan fingerprint density at radius 1 is 1.32 bits per heavy atom. The number of aromatic nitrogens is 1. The smallest absolute Gasteiger partial charge is 0.346 e. The average Bonchev–Trinajstić information content (AvgIpc) is 3.03. The van der Waals surface area contributed by atoms with Crippen LogP contribution in [0.1, 0.15) is 35.7 Å². The van der Waals surface area contributed by atoms with Crippen molar-refractivity contribution in [2.24, 2.45) is 5.73 Å². The number of hydrogen-bond acceptors (Lipinski definition) is 4. The van der Waals surface area contributed by atoms with Gasteiger partial charge in [-0.3, -0.25) is 4.79 Å². The van der Waals surface area contributed by atoms with Crippen molar-refractivity contribution in [3.05, 3.63) is 52.0 Å². The molecular formula is C16H19ClF3N3OS. The van der Waals surface area contributed by atoms with Gasteiger partial charge in [-0.05, 0) is 18.4 Å². The van der Waals surface area contributed by atoms with Gasteiger partial charge in [0.15, 0.2) is 5.69 Å². The molecule has 0 aliphatic carbocycles. The molecule has 0 aliphatic rings. The van der Waals surface area contributed by atoms with E-state index in [1.165, 1.54) is 0 Å². The second kappa shape index (κ2) is 9.17. The van der Waals surface area contributed by atoms with Gasteiger partial charge in [0.05, 0.1) is 12.1 Å². The standard InChI is InChI=1S/C16H18F3N3OS.ClH/c1-2-12(15-22-13(9-24-15)16(17,18)19)21-14(23)11(20)8-10-6-4-3-5-7-10;/h3-7,9,11-12H,2,8,20H2,1H3,(H,21,23);1H/t11-,12?;/m0./s1. The number of hydrogen-bond donors (Lipinski definition) is 2. The average molecular weight is 394 g/mol. The van der Waals surface area contributed by atoms with Crippen LogP contribution in [0.15, 0.2) is 35.7 Å². The van der Waals surface area contributed by atoms with E-state index in [0.29, 0.717) is 12.8 Å². The summed E-state index contributed by atoms with van der Waals surface area (Å²) in [5.74, 6) is -0.408. The van der Waals surface area contributed by atoms with Gasteiger partial charge in [0.25, 0.3) is 0 Å². The largest absolute Gasteiger partial charge is 0.434 e. The number of nitrogens with two attached hydrogens (primary N) is 1. The zero-order chi connectivity index (χ0) is 17.7. The SMILES string of the molecule is CCC(NC(=O)[C@@H](N)Cc1ccccc1)c1nc(C(F)(F)F)cs1.Cl. The highest BCUT2D eigenvalue weighted by Gasteiger charge is 2.34. The number of rotatable bonds is 6. The molecule has 4 nitrogen and oxygen atoms in total. The molecule has 1 aromatic heterocycles. The van der Waals surface area contributed by atoms with Crippen LogP contribution < -0.4 is 11.1 Å². The fourth-order valence-electron chi connectivity index (χ4n) is 2.16. The number of nitrogens with one attached hydrogen (secondary N) is 1. The Kier molecular flexibility index (Phi) is 7.85. The number of carbonyl (C=O) groups is 1. The number of thiazole rings is 1. The number of carbonyl (C=O) groups excluding carboxylic acids is 1. The van der Waals surface area contributed by atoms with E-state index >= 15 is 0 Å². The van der Waals surface area contributed by atoms with Crippen LogP contribution in [0.4, 0.5) is 13.2 Å². The van der Waals surface area contributed by atoms with Gasteiger partial charge in [-0.15, -0.1) is 23.7 Å². The summed E-state index contributed by atoms with van der Waals surface area (Å²) in [5.41, 5.74) is 5.87. The summed E-state index contributed by atoms with van der Waals surface area (Å²) in [6.07, 6.45) is -3.70. The normalized spacial score (nSPS) is 13.6. The molecule has 1 heterocycles. The van der Waals surface area contributed by atoms with Gasteiger partial charge in [0.2, 0.25) is 5.91 Å². The lowest BCUT2D eigenvalue weighted by Crippen LogP contribution is -2.43. The van der Waals surface area contributed by atoms with Crippen LogP contribution in [0.25, 0.3) is 0 Å². The highest BCUT2D eigenvalue weighted by Crippen LogP contribution is 2.32. The van der Waals surface area contributed by atoms with Crippen LogP contribution in [0.3, 0.4) is 0 Å². The Labute approximate surface area is 154 Å². The Hall–Kier alpha value is -1.64. The van der Waals surface area contributed by atoms with E-state index < -0.39 is 29.9 Å². The number of halogens is 4. The molecule has 2 rings (SSSR count). The Balaban J connectivity index is 0.00000312. The maximum absolute atomic E-state index is 12.6. The molecule has 1 amide bonds. The Morgan fingerprint density at radius 3 is 2.48 bits per heavy atom. The highest BCUT2D eigenvalue weighted by atomic mass is 35.5. The van der Waals surface area contributed by atoms with Crippen molar-refractivity contribution in [2.45, 2.75) is 38.0 Å². The minimum Gasteiger partial charge on any atom is -0.346 e. The molecule has 0 radical (unpaired) electrons. The minimum atomic E-state index is -4.49. The predicted molar refractivity (Wildman–Crippen MR) is 93.7 cm³/mol. The van der Waals surface area contributed by atoms with Crippen LogP contribution in [0.2, 0.25) is 0 Å². The molecule has 138 valence electrons. The number of alkyl halides is 3. The molecule has 3 N–H and O–H groups in total. The van der Waals surface area contributed by atoms with Gasteiger partial charge < -0.3 is 11.1 Å². The lowest BCUT2D eigenvalue weighted by molar-refractivity contribution is -0.140. The molecule has 2 aromatic rings. The maximum atomic E-state index is 12.6. The zero-order valence-corrected chi connectivity index (χ0v) is 15.0. The van der Waals surface area contributed by atoms with E-state index in [-0.39, 0.29) is 17.4 Å². The van der Waals surface area contributed by atoms with Crippen molar-refractivity contribution in [1.29, 1.82) is 0 Å². The summed E-state index contributed by atoms with van der Waals surface area (Å²) in [7, 11) is 0. The highest BCUT2D eigenvalue weighted by molar-refractivity contribution is 7.09. The first-order valence-corrected chi connectivity index (χ1v) is 8.31. The van der Waals surface area contributed by atoms with E-state index in [1.54, 1.807) is 6.92 Å². The first-order valence-electron chi connectivity index (χ1n) is 7.43. The fraction of sp³-hybridized carbons (Fsp3) is 0.375. The third-order valence-corrected chi connectivity index (χ3v) is 4.43. The minimum absolute atomic E-state index is 0. The van der Waals surface area contributed by atoms with E-state index in [1.807, 2.05) is 30.3 Å². The maximum Gasteiger partial charge on any atom is 0.434 e. The van der Waals surface area contributed by atoms with Crippen molar-refractivity contribution in [3.8, 4) is 0 Å². The lowest BCUT2D eigenvalue weighted by Gasteiger charge is -2.18. The van der Waals surface area contributed by atoms with Crippen LogP contribution in [0.5, 0.6) is 0 Å². The zero-order valence-electron chi connectivity index (χ0n) is 13.4. The molecule has 2 atom stereocenters. The van der Waals surface area contributed by atoms with Crippen LogP contribution >= 0.6 is 23.7 Å². The van der Waals surface area contributed by atoms with Gasteiger partial charge in [0, 0.05) is 5.38 Å². The van der Waals surface area contributed by atoms with E-state index in [0.717, 1.165) is 22.3 Å². The molecule has 0 saturated heterocycles. The molecule has 1 aromatic carbocycles. The van der Waals surface area contributed by atoms with Crippen molar-refractivity contribution < 1.29 is 18.0 Å². The van der Waals surface area contributed by atoms with Crippen LogP contribution in [-0.4, -0.2) is 16.9 Å². The molecule has 0 bridgehead atoms. The molecule has 0 fully saturated rings. The number of benzene rings is 1. The monoisotopic (exact) mass is 393 g/mol. The van der Waals surface area contributed by atoms with Crippen LogP contribution in [0, 0.1) is 0 Å². The molecule has 9 heteroatoms. The molecule has 1 unspecified atom stereocenters. The quantitative estimate of drug-likeness (QED) is 0.785. The first-order chi connectivity index (χ1) is 11.3. The topological polar surface area (TPSA) is 68.0 Å². The summed E-state index contributed by atoms with van der Waals surface area (Å²) >= 11 is 0.880. The van der Waals surface area contributed by atoms with Crippen molar-refractivity contribution in [2.75, 3.05) is 0 Å². The van der Waals surface area contributed by atoms with E-state index in [2.05, 4.69) is 10.3 Å². The number of amides is 1. The van der Waals surface area contributed by atoms with Gasteiger partial charge in [-0.25, -0.2) is 4.98 Å². The second-order valence-corrected chi connectivity index (χ2v) is 6.22. The first kappa shape index (κ1) is 21.4. The van der Waals surface area contributed by atoms with Crippen LogP contribution in [-0.2, 0) is 17.4 Å². The van der Waals surface area contributed by atoms with Crippen molar-refractivity contribution in [3.63, 3.8) is 0 Å². The Bertz CT molecular complexity index is 679. The molecule has 0 saturated carbocycles. The van der Waals surface area contributed by atoms with Gasteiger partial charge >= 0.3 is 6.18 Å². The summed E-state index contributed by atoms with van der Waals surface area (Å²) in [5, 5.41) is 3.86. The van der Waals surface area contributed by atoms with E-state index in [4.69, 9.17) is 5.73 Å². The third-order valence-electron chi connectivity index (χ3n) is 3.47. The van der Waals surface area contributed by atoms with Crippen molar-refractivity contribution in [1.82, 2.24) is 10.3 Å². The van der Waals surface area contributed by atoms with Crippen molar-refractivity contribution >= 4 is 29.7 Å². The molecule has 0 aliphatic heterocycles. The summed E-state index contributed by atoms with van der Waals surface area (Å²) in [6, 6.07) is 7.93. The summed E-state index contributed by atoms with van der Waals surface area (Å²) in [6.45, 7) is 1.77. The predicted octanol–water partition coefficient (Wildman–Crippen LogP) is 3.72. The van der Waals surface area contributed by atoms with Gasteiger partial charge in [-0.1, -0.05) is 37.3 Å². The number of nitrogens with zero attached hydrogens (tertiary/aromatic N) is 1. The summed E-state index contributed by atoms with van der Waals surface area (Å²) in [4.78, 5) is 15.8. The lowest BCUT2D eigenvalue weighted by atomic mass is 10.1. The molecular weight excluding hydrogens is 375 g/mol. The molecule has 0 spiro atoms. The second-order valence-electron chi connectivity index (χ2n) is 5.33. The van der Waals surface area contributed by atoms with E-state index in [9.17, 15) is 18.0 Å². The molecule has 25 heavy (non-hydrogen) atoms. The Morgan fingerprint density at radius 2 is 1.96 bits per heavy atom. The van der Waals surface area contributed by atoms with Gasteiger partial charge in [-0.2, -0.15) is 13.2 Å². The summed E-state index contributed by atoms with van der Waals surface area (Å²) < 4.78 is 37.9. The fourth-order valence-corrected chi connectivity index (χ4v) is 3.12. The third kappa shape index (κ3) is 5.98.